The number of nitrogens with one attached hydrogen (secondary N) is 2. The molecule has 9 heteroatoms. The van der Waals surface area contributed by atoms with Gasteiger partial charge < -0.3 is 24.2 Å². The second-order valence-electron chi connectivity index (χ2n) is 6.67. The summed E-state index contributed by atoms with van der Waals surface area (Å²) in [5, 5.41) is 0. The van der Waals surface area contributed by atoms with Crippen molar-refractivity contribution in [3.05, 3.63) is 45.0 Å². The summed E-state index contributed by atoms with van der Waals surface area (Å²) >= 11 is 0. The summed E-state index contributed by atoms with van der Waals surface area (Å²) in [6, 6.07) is 0. The molecule has 0 spiro atoms. The van der Waals surface area contributed by atoms with Crippen LogP contribution < -0.4 is 0 Å². The van der Waals surface area contributed by atoms with E-state index in [1.807, 2.05) is 6.92 Å². The maximum absolute atomic E-state index is 12.6. The Balaban J connectivity index is 2.19. The molecule has 2 aromatic rings. The van der Waals surface area contributed by atoms with Crippen LogP contribution in [0.5, 0.6) is 0 Å². The molecule has 0 bridgehead atoms. The van der Waals surface area contributed by atoms with Crippen molar-refractivity contribution in [1.29, 1.82) is 0 Å². The van der Waals surface area contributed by atoms with E-state index in [2.05, 4.69) is 9.97 Å². The van der Waals surface area contributed by atoms with Crippen molar-refractivity contribution >= 4 is 23.7 Å². The quantitative estimate of drug-likeness (QED) is 0.383. The summed E-state index contributed by atoms with van der Waals surface area (Å²) in [5.74, 6) is -2.34. The van der Waals surface area contributed by atoms with Gasteiger partial charge in [0.2, 0.25) is 5.78 Å². The normalized spacial score (nSPS) is 10.6. The Hall–Kier alpha value is -3.36. The molecule has 0 atom stereocenters. The smallest absolute Gasteiger partial charge is 0.355 e. The summed E-state index contributed by atoms with van der Waals surface area (Å²) < 4.78 is 14.9. The molecule has 0 radical (unpaired) electrons. The molecule has 0 saturated carbocycles. The van der Waals surface area contributed by atoms with Crippen molar-refractivity contribution in [2.24, 2.45) is 0 Å². The third kappa shape index (κ3) is 4.29. The zero-order chi connectivity index (χ0) is 22.6. The van der Waals surface area contributed by atoms with Crippen molar-refractivity contribution in [3.8, 4) is 0 Å². The molecule has 2 heterocycles. The third-order valence-electron chi connectivity index (χ3n) is 4.81. The van der Waals surface area contributed by atoms with Gasteiger partial charge in [-0.25, -0.2) is 14.4 Å². The lowest BCUT2D eigenvalue weighted by Gasteiger charge is -2.05. The van der Waals surface area contributed by atoms with E-state index in [9.17, 15) is 19.2 Å². The van der Waals surface area contributed by atoms with Crippen molar-refractivity contribution in [2.45, 2.75) is 41.0 Å². The van der Waals surface area contributed by atoms with Crippen molar-refractivity contribution in [1.82, 2.24) is 9.97 Å². The number of methoxy groups -OCH3 is 1. The molecule has 2 N–H and O–H groups in total. The molecule has 9 nitrogen and oxygen atoms in total. The Morgan fingerprint density at radius 2 is 1.43 bits per heavy atom. The van der Waals surface area contributed by atoms with Crippen LogP contribution in [0.1, 0.15) is 78.1 Å². The Morgan fingerprint density at radius 3 is 2.00 bits per heavy atom. The molecule has 0 aliphatic rings. The highest BCUT2D eigenvalue weighted by Gasteiger charge is 2.26. The van der Waals surface area contributed by atoms with Gasteiger partial charge in [-0.1, -0.05) is 6.92 Å². The Morgan fingerprint density at radius 1 is 0.800 bits per heavy atom. The highest BCUT2D eigenvalue weighted by molar-refractivity contribution is 6.03. The number of aromatic nitrogens is 2. The fourth-order valence-electron chi connectivity index (χ4n) is 3.32. The summed E-state index contributed by atoms with van der Waals surface area (Å²) in [7, 11) is 1.26. The number of esters is 3. The van der Waals surface area contributed by atoms with E-state index in [-0.39, 0.29) is 23.6 Å². The van der Waals surface area contributed by atoms with Crippen LogP contribution in [0.3, 0.4) is 0 Å². The molecule has 30 heavy (non-hydrogen) atoms. The second-order valence-corrected chi connectivity index (χ2v) is 6.67. The van der Waals surface area contributed by atoms with E-state index in [0.29, 0.717) is 34.5 Å². The van der Waals surface area contributed by atoms with Gasteiger partial charge in [-0.15, -0.1) is 0 Å². The zero-order valence-corrected chi connectivity index (χ0v) is 18.0. The first-order chi connectivity index (χ1) is 14.2. The average molecular weight is 418 g/mol. The van der Waals surface area contributed by atoms with E-state index < -0.39 is 30.3 Å². The summed E-state index contributed by atoms with van der Waals surface area (Å²) in [6.07, 6.45) is 0.481. The van der Waals surface area contributed by atoms with E-state index in [0.717, 1.165) is 0 Å². The van der Waals surface area contributed by atoms with E-state index in [1.165, 1.54) is 7.11 Å². The molecule has 2 aromatic heterocycles. The molecular weight excluding hydrogens is 392 g/mol. The van der Waals surface area contributed by atoms with Crippen molar-refractivity contribution in [2.75, 3.05) is 20.3 Å². The standard InChI is InChI=1S/C21H26N2O7/c1-7-13-16(19(25)28-6)11(4)18(23-13)21(27)30-9-14(24)17-10(3)15(12(5)22-17)20(26)29-8-2/h22-23H,7-9H2,1-6H3. The van der Waals surface area contributed by atoms with Gasteiger partial charge in [0.1, 0.15) is 5.69 Å². The molecule has 0 fully saturated rings. The maximum Gasteiger partial charge on any atom is 0.355 e. The van der Waals surface area contributed by atoms with Crippen LogP contribution >= 0.6 is 0 Å². The number of H-pyrrole nitrogens is 2. The van der Waals surface area contributed by atoms with Crippen LogP contribution in [0, 0.1) is 20.8 Å². The topological polar surface area (TPSA) is 128 Å². The van der Waals surface area contributed by atoms with Crippen LogP contribution in [0.15, 0.2) is 0 Å². The summed E-state index contributed by atoms with van der Waals surface area (Å²) in [6.45, 7) is 8.08. The maximum atomic E-state index is 12.6. The van der Waals surface area contributed by atoms with Gasteiger partial charge in [0.15, 0.2) is 6.61 Å². The summed E-state index contributed by atoms with van der Waals surface area (Å²) in [5.41, 5.74) is 2.72. The van der Waals surface area contributed by atoms with Gasteiger partial charge in [-0.2, -0.15) is 0 Å². The molecular formula is C21H26N2O7. The van der Waals surface area contributed by atoms with Gasteiger partial charge >= 0.3 is 17.9 Å². The number of hydrogen-bond donors (Lipinski definition) is 2. The highest BCUT2D eigenvalue weighted by atomic mass is 16.5. The number of aryl methyl sites for hydroxylation is 2. The lowest BCUT2D eigenvalue weighted by atomic mass is 10.1. The number of ketones is 1. The first-order valence-corrected chi connectivity index (χ1v) is 9.54. The second kappa shape index (κ2) is 9.43. The molecule has 162 valence electrons. The molecule has 2 rings (SSSR count). The fraction of sp³-hybridized carbons (Fsp3) is 0.429. The van der Waals surface area contributed by atoms with Gasteiger partial charge in [0.25, 0.3) is 0 Å². The van der Waals surface area contributed by atoms with Crippen LogP contribution in [-0.2, 0) is 20.6 Å². The molecule has 0 aliphatic heterocycles. The minimum atomic E-state index is -0.766. The number of Topliss-reactive ketones (excluding diaryl/α,β-unsaturated/α-hetero) is 1. The average Bonchev–Trinajstić information content (AvgIpc) is 3.21. The molecule has 0 aromatic carbocycles. The van der Waals surface area contributed by atoms with E-state index in [4.69, 9.17) is 14.2 Å². The van der Waals surface area contributed by atoms with E-state index >= 15 is 0 Å². The largest absolute Gasteiger partial charge is 0.465 e. The van der Waals surface area contributed by atoms with Gasteiger partial charge in [-0.05, 0) is 45.2 Å². The predicted molar refractivity (Wildman–Crippen MR) is 107 cm³/mol. The molecule has 0 amide bonds. The van der Waals surface area contributed by atoms with Crippen molar-refractivity contribution < 1.29 is 33.4 Å². The number of carbonyl (C=O) groups is 4. The Labute approximate surface area is 174 Å². The molecule has 0 saturated heterocycles. The number of aromatic amines is 2. The number of hydrogen-bond acceptors (Lipinski definition) is 7. The van der Waals surface area contributed by atoms with Crippen LogP contribution in [0.2, 0.25) is 0 Å². The summed E-state index contributed by atoms with van der Waals surface area (Å²) in [4.78, 5) is 54.9. The third-order valence-corrected chi connectivity index (χ3v) is 4.81. The SMILES string of the molecule is CCOC(=O)c1c(C)[nH]c(C(=O)COC(=O)c2[nH]c(CC)c(C(=O)OC)c2C)c1C. The zero-order valence-electron chi connectivity index (χ0n) is 18.0. The molecule has 0 unspecified atom stereocenters. The number of carbonyl (C=O) groups excluding carboxylic acids is 4. The Kier molecular flexibility index (Phi) is 7.20. The Bertz CT molecular complexity index is 998. The minimum absolute atomic E-state index is 0.0895. The van der Waals surface area contributed by atoms with Crippen LogP contribution in [0.4, 0.5) is 0 Å². The predicted octanol–water partition coefficient (Wildman–Crippen LogP) is 2.83. The monoisotopic (exact) mass is 418 g/mol. The van der Waals surface area contributed by atoms with Crippen molar-refractivity contribution in [3.63, 3.8) is 0 Å². The number of rotatable bonds is 8. The van der Waals surface area contributed by atoms with Crippen LogP contribution in [-0.4, -0.2) is 54.0 Å². The van der Waals surface area contributed by atoms with Gasteiger partial charge in [0, 0.05) is 11.4 Å². The van der Waals surface area contributed by atoms with Crippen LogP contribution in [0.25, 0.3) is 0 Å². The van der Waals surface area contributed by atoms with Gasteiger partial charge in [-0.3, -0.25) is 4.79 Å². The van der Waals surface area contributed by atoms with E-state index in [1.54, 1.807) is 27.7 Å². The first-order valence-electron chi connectivity index (χ1n) is 9.54. The minimum Gasteiger partial charge on any atom is -0.465 e. The fourth-order valence-corrected chi connectivity index (χ4v) is 3.32. The highest BCUT2D eigenvalue weighted by Crippen LogP contribution is 2.22. The molecule has 0 aliphatic carbocycles. The lowest BCUT2D eigenvalue weighted by molar-refractivity contribution is 0.0466. The first kappa shape index (κ1) is 22.9. The lowest BCUT2D eigenvalue weighted by Crippen LogP contribution is -2.16. The van der Waals surface area contributed by atoms with Gasteiger partial charge in [0.05, 0.1) is 30.5 Å². The number of ether oxygens (including phenoxy) is 3.